The van der Waals surface area contributed by atoms with E-state index >= 15 is 0 Å². The average molecular weight is 200 g/mol. The van der Waals surface area contributed by atoms with E-state index < -0.39 is 0 Å². The molecule has 0 aromatic heterocycles. The monoisotopic (exact) mass is 200 g/mol. The van der Waals surface area contributed by atoms with Gasteiger partial charge < -0.3 is 15.4 Å². The highest BCUT2D eigenvalue weighted by Gasteiger charge is 2.08. The summed E-state index contributed by atoms with van der Waals surface area (Å²) in [7, 11) is 0. The summed E-state index contributed by atoms with van der Waals surface area (Å²) in [6.45, 7) is 4.21. The number of nitrogens with two attached hydrogens (primary N) is 1. The first-order chi connectivity index (χ1) is 6.79. The summed E-state index contributed by atoms with van der Waals surface area (Å²) < 4.78 is 5.08. The van der Waals surface area contributed by atoms with Crippen molar-refractivity contribution in [3.05, 3.63) is 0 Å². The van der Waals surface area contributed by atoms with Gasteiger partial charge in [-0.15, -0.1) is 0 Å². The van der Waals surface area contributed by atoms with E-state index in [1.807, 2.05) is 0 Å². The standard InChI is InChI=1S/C10H20N2O2/c11-10(13)9-14-8-4-7-12-5-2-1-3-6-12/h1-9H2,(H2,11,13). The second-order valence-corrected chi connectivity index (χ2v) is 3.77. The van der Waals surface area contributed by atoms with Crippen molar-refractivity contribution >= 4 is 5.91 Å². The summed E-state index contributed by atoms with van der Waals surface area (Å²) in [6, 6.07) is 0. The SMILES string of the molecule is NC(=O)COCCCN1CCCCC1. The Labute approximate surface area is 85.4 Å². The van der Waals surface area contributed by atoms with Crippen molar-refractivity contribution in [3.8, 4) is 0 Å². The van der Waals surface area contributed by atoms with E-state index in [2.05, 4.69) is 4.90 Å². The van der Waals surface area contributed by atoms with Gasteiger partial charge in [-0.3, -0.25) is 4.79 Å². The van der Waals surface area contributed by atoms with Crippen molar-refractivity contribution in [2.45, 2.75) is 25.7 Å². The van der Waals surface area contributed by atoms with Gasteiger partial charge in [0.25, 0.3) is 0 Å². The van der Waals surface area contributed by atoms with Crippen LogP contribution in [0.5, 0.6) is 0 Å². The zero-order valence-corrected chi connectivity index (χ0v) is 8.71. The van der Waals surface area contributed by atoms with E-state index in [9.17, 15) is 4.79 Å². The number of nitrogens with zero attached hydrogens (tertiary/aromatic N) is 1. The molecule has 4 nitrogen and oxygen atoms in total. The van der Waals surface area contributed by atoms with Crippen LogP contribution in [0.25, 0.3) is 0 Å². The minimum atomic E-state index is -0.386. The molecule has 1 aliphatic heterocycles. The van der Waals surface area contributed by atoms with Crippen LogP contribution in [-0.2, 0) is 9.53 Å². The number of likely N-dealkylation sites (tertiary alicyclic amines) is 1. The highest BCUT2D eigenvalue weighted by Crippen LogP contribution is 2.08. The molecule has 1 amide bonds. The van der Waals surface area contributed by atoms with Crippen LogP contribution in [0.2, 0.25) is 0 Å². The molecule has 0 atom stereocenters. The molecule has 0 aromatic carbocycles. The van der Waals surface area contributed by atoms with Gasteiger partial charge in [0.05, 0.1) is 0 Å². The Bertz CT molecular complexity index is 168. The van der Waals surface area contributed by atoms with Crippen LogP contribution in [0, 0.1) is 0 Å². The van der Waals surface area contributed by atoms with Gasteiger partial charge in [0.1, 0.15) is 6.61 Å². The van der Waals surface area contributed by atoms with Gasteiger partial charge in [0.2, 0.25) is 5.91 Å². The smallest absolute Gasteiger partial charge is 0.243 e. The molecule has 0 aromatic rings. The number of ether oxygens (including phenoxy) is 1. The fourth-order valence-corrected chi connectivity index (χ4v) is 1.75. The molecule has 0 unspecified atom stereocenters. The Kier molecular flexibility index (Phi) is 5.56. The number of hydrogen-bond donors (Lipinski definition) is 1. The van der Waals surface area contributed by atoms with Gasteiger partial charge >= 0.3 is 0 Å². The Balaban J connectivity index is 1.90. The molecule has 1 aliphatic rings. The summed E-state index contributed by atoms with van der Waals surface area (Å²) in [5.41, 5.74) is 4.94. The quantitative estimate of drug-likeness (QED) is 0.630. The maximum atomic E-state index is 10.4. The van der Waals surface area contributed by atoms with Crippen LogP contribution in [0.1, 0.15) is 25.7 Å². The van der Waals surface area contributed by atoms with Gasteiger partial charge in [0, 0.05) is 13.2 Å². The first-order valence-electron chi connectivity index (χ1n) is 5.37. The molecule has 4 heteroatoms. The average Bonchev–Trinajstić information content (AvgIpc) is 2.18. The molecule has 1 fully saturated rings. The summed E-state index contributed by atoms with van der Waals surface area (Å²) in [5, 5.41) is 0. The normalized spacial score (nSPS) is 18.3. The van der Waals surface area contributed by atoms with Gasteiger partial charge in [-0.25, -0.2) is 0 Å². The molecular formula is C10H20N2O2. The van der Waals surface area contributed by atoms with Crippen LogP contribution in [-0.4, -0.2) is 43.7 Å². The molecule has 1 heterocycles. The second kappa shape index (κ2) is 6.79. The third-order valence-corrected chi connectivity index (χ3v) is 2.46. The van der Waals surface area contributed by atoms with Gasteiger partial charge in [-0.1, -0.05) is 6.42 Å². The third-order valence-electron chi connectivity index (χ3n) is 2.46. The van der Waals surface area contributed by atoms with Crippen LogP contribution >= 0.6 is 0 Å². The molecule has 0 aliphatic carbocycles. The maximum Gasteiger partial charge on any atom is 0.243 e. The van der Waals surface area contributed by atoms with E-state index in [-0.39, 0.29) is 12.5 Å². The number of hydrogen-bond acceptors (Lipinski definition) is 3. The fraction of sp³-hybridized carbons (Fsp3) is 0.900. The van der Waals surface area contributed by atoms with Crippen molar-refractivity contribution in [1.82, 2.24) is 4.90 Å². The van der Waals surface area contributed by atoms with Crippen molar-refractivity contribution in [2.24, 2.45) is 5.73 Å². The lowest BCUT2D eigenvalue weighted by molar-refractivity contribution is -0.122. The van der Waals surface area contributed by atoms with Crippen molar-refractivity contribution in [1.29, 1.82) is 0 Å². The van der Waals surface area contributed by atoms with Crippen LogP contribution in [0.3, 0.4) is 0 Å². The van der Waals surface area contributed by atoms with Crippen LogP contribution in [0.15, 0.2) is 0 Å². The highest BCUT2D eigenvalue weighted by molar-refractivity contribution is 5.74. The van der Waals surface area contributed by atoms with Crippen molar-refractivity contribution < 1.29 is 9.53 Å². The zero-order valence-electron chi connectivity index (χ0n) is 8.71. The number of piperidine rings is 1. The fourth-order valence-electron chi connectivity index (χ4n) is 1.75. The molecule has 0 bridgehead atoms. The van der Waals surface area contributed by atoms with E-state index in [1.54, 1.807) is 0 Å². The highest BCUT2D eigenvalue weighted by atomic mass is 16.5. The molecule has 0 radical (unpaired) electrons. The molecule has 14 heavy (non-hydrogen) atoms. The zero-order chi connectivity index (χ0) is 10.2. The lowest BCUT2D eigenvalue weighted by atomic mass is 10.1. The molecule has 1 saturated heterocycles. The largest absolute Gasteiger partial charge is 0.372 e. The molecule has 82 valence electrons. The summed E-state index contributed by atoms with van der Waals surface area (Å²) in [5.74, 6) is -0.386. The third kappa shape index (κ3) is 5.19. The number of rotatable bonds is 6. The number of carbonyl (C=O) groups excluding carboxylic acids is 1. The van der Waals surface area contributed by atoms with E-state index in [0.29, 0.717) is 6.61 Å². The minimum absolute atomic E-state index is 0.0556. The number of primary amides is 1. The molecule has 1 rings (SSSR count). The Morgan fingerprint density at radius 1 is 1.29 bits per heavy atom. The maximum absolute atomic E-state index is 10.4. The predicted octanol–water partition coefficient (Wildman–Crippen LogP) is 0.364. The van der Waals surface area contributed by atoms with Crippen molar-refractivity contribution in [2.75, 3.05) is 32.8 Å². The predicted molar refractivity (Wildman–Crippen MR) is 54.9 cm³/mol. The van der Waals surface area contributed by atoms with Crippen LogP contribution in [0.4, 0.5) is 0 Å². The van der Waals surface area contributed by atoms with Gasteiger partial charge in [-0.2, -0.15) is 0 Å². The van der Waals surface area contributed by atoms with Gasteiger partial charge in [-0.05, 0) is 32.4 Å². The first kappa shape index (κ1) is 11.5. The first-order valence-corrected chi connectivity index (χ1v) is 5.37. The summed E-state index contributed by atoms with van der Waals surface area (Å²) >= 11 is 0. The lowest BCUT2D eigenvalue weighted by Gasteiger charge is -2.26. The molecule has 0 saturated carbocycles. The Morgan fingerprint density at radius 3 is 2.64 bits per heavy atom. The second-order valence-electron chi connectivity index (χ2n) is 3.77. The summed E-state index contributed by atoms with van der Waals surface area (Å²) in [6.07, 6.45) is 5.01. The number of amides is 1. The van der Waals surface area contributed by atoms with E-state index in [4.69, 9.17) is 10.5 Å². The number of carbonyl (C=O) groups is 1. The molecular weight excluding hydrogens is 180 g/mol. The molecule has 2 N–H and O–H groups in total. The Hall–Kier alpha value is -0.610. The minimum Gasteiger partial charge on any atom is -0.372 e. The lowest BCUT2D eigenvalue weighted by Crippen LogP contribution is -2.31. The van der Waals surface area contributed by atoms with Crippen LogP contribution < -0.4 is 5.73 Å². The van der Waals surface area contributed by atoms with E-state index in [0.717, 1.165) is 13.0 Å². The van der Waals surface area contributed by atoms with Gasteiger partial charge in [0.15, 0.2) is 0 Å². The Morgan fingerprint density at radius 2 is 2.00 bits per heavy atom. The van der Waals surface area contributed by atoms with E-state index in [1.165, 1.54) is 32.4 Å². The summed E-state index contributed by atoms with van der Waals surface area (Å²) in [4.78, 5) is 12.8. The topological polar surface area (TPSA) is 55.6 Å². The van der Waals surface area contributed by atoms with Crippen molar-refractivity contribution in [3.63, 3.8) is 0 Å². The molecule has 0 spiro atoms.